The van der Waals surface area contributed by atoms with Gasteiger partial charge in [0.25, 0.3) is 0 Å². The Morgan fingerprint density at radius 2 is 1.89 bits per heavy atom. The number of aliphatic hydroxyl groups excluding tert-OH is 1. The summed E-state index contributed by atoms with van der Waals surface area (Å²) in [5.41, 5.74) is 5.91. The van der Waals surface area contributed by atoms with Gasteiger partial charge in [-0.05, 0) is 24.6 Å². The molecular weight excluding hydrogens is 270 g/mol. The molecule has 3 N–H and O–H groups in total. The summed E-state index contributed by atoms with van der Waals surface area (Å²) >= 11 is 0. The summed E-state index contributed by atoms with van der Waals surface area (Å²) in [6, 6.07) is 4.33. The van der Waals surface area contributed by atoms with Gasteiger partial charge in [-0.2, -0.15) is 0 Å². The van der Waals surface area contributed by atoms with Crippen molar-refractivity contribution >= 4 is 15.8 Å². The molecule has 1 aromatic rings. The van der Waals surface area contributed by atoms with Crippen LogP contribution in [0.3, 0.4) is 0 Å². The van der Waals surface area contributed by atoms with E-state index in [0.29, 0.717) is 5.56 Å². The molecule has 0 fully saturated rings. The predicted molar refractivity (Wildman–Crippen MR) is 69.1 cm³/mol. The standard InChI is InChI=1S/C12H17NO5S/c1-3-18-12(15)10(13)11(14)8-4-6-9(7-5-8)19(2,16)17/h4-7,10-11,14H,3,13H2,1-2H3. The number of esters is 1. The number of aliphatic hydroxyl groups is 1. The van der Waals surface area contributed by atoms with Crippen LogP contribution in [0, 0.1) is 0 Å². The van der Waals surface area contributed by atoms with Crippen molar-refractivity contribution in [3.63, 3.8) is 0 Å². The molecule has 1 aromatic carbocycles. The van der Waals surface area contributed by atoms with Gasteiger partial charge in [0.2, 0.25) is 0 Å². The van der Waals surface area contributed by atoms with Crippen LogP contribution < -0.4 is 5.73 Å². The second-order valence-electron chi connectivity index (χ2n) is 4.06. The molecule has 0 aliphatic heterocycles. The Balaban J connectivity index is 2.89. The molecule has 0 saturated carbocycles. The number of benzene rings is 1. The summed E-state index contributed by atoms with van der Waals surface area (Å²) in [7, 11) is -3.29. The van der Waals surface area contributed by atoms with E-state index in [-0.39, 0.29) is 11.5 Å². The lowest BCUT2D eigenvalue weighted by Gasteiger charge is -2.17. The van der Waals surface area contributed by atoms with E-state index < -0.39 is 28.0 Å². The number of nitrogens with two attached hydrogens (primary N) is 1. The first kappa shape index (κ1) is 15.6. The maximum absolute atomic E-state index is 11.4. The van der Waals surface area contributed by atoms with Gasteiger partial charge in [0.15, 0.2) is 9.84 Å². The maximum atomic E-state index is 11.4. The van der Waals surface area contributed by atoms with Gasteiger partial charge in [-0.1, -0.05) is 12.1 Å². The van der Waals surface area contributed by atoms with Crippen LogP contribution in [-0.4, -0.2) is 38.4 Å². The predicted octanol–water partition coefficient (Wildman–Crippen LogP) is 0.0139. The van der Waals surface area contributed by atoms with E-state index in [1.807, 2.05) is 0 Å². The molecule has 0 heterocycles. The molecule has 6 nitrogen and oxygen atoms in total. The minimum absolute atomic E-state index is 0.133. The molecule has 0 aromatic heterocycles. The van der Waals surface area contributed by atoms with Crippen molar-refractivity contribution in [3.05, 3.63) is 29.8 Å². The Morgan fingerprint density at radius 1 is 1.37 bits per heavy atom. The number of hydrogen-bond donors (Lipinski definition) is 2. The number of carbonyl (C=O) groups excluding carboxylic acids is 1. The van der Waals surface area contributed by atoms with Gasteiger partial charge < -0.3 is 15.6 Å². The van der Waals surface area contributed by atoms with E-state index in [9.17, 15) is 18.3 Å². The average molecular weight is 287 g/mol. The molecule has 1 rings (SSSR count). The highest BCUT2D eigenvalue weighted by atomic mass is 32.2. The lowest BCUT2D eigenvalue weighted by molar-refractivity contribution is -0.147. The molecule has 2 atom stereocenters. The van der Waals surface area contributed by atoms with Crippen LogP contribution in [0.25, 0.3) is 0 Å². The van der Waals surface area contributed by atoms with Crippen molar-refractivity contribution in [2.45, 2.75) is 24.0 Å². The normalized spacial score (nSPS) is 14.7. The quantitative estimate of drug-likeness (QED) is 0.739. The minimum Gasteiger partial charge on any atom is -0.465 e. The minimum atomic E-state index is -3.29. The summed E-state index contributed by atoms with van der Waals surface area (Å²) in [5.74, 6) is -0.706. The van der Waals surface area contributed by atoms with E-state index >= 15 is 0 Å². The lowest BCUT2D eigenvalue weighted by atomic mass is 10.0. The zero-order valence-electron chi connectivity index (χ0n) is 10.7. The van der Waals surface area contributed by atoms with Crippen LogP contribution in [0.4, 0.5) is 0 Å². The van der Waals surface area contributed by atoms with Crippen LogP contribution >= 0.6 is 0 Å². The van der Waals surface area contributed by atoms with Gasteiger partial charge in [0, 0.05) is 6.26 Å². The third kappa shape index (κ3) is 4.02. The fourth-order valence-electron chi connectivity index (χ4n) is 1.49. The third-order valence-corrected chi connectivity index (χ3v) is 3.68. The number of carbonyl (C=O) groups is 1. The van der Waals surface area contributed by atoms with E-state index in [4.69, 9.17) is 10.5 Å². The molecule has 2 unspecified atom stereocenters. The van der Waals surface area contributed by atoms with Crippen molar-refractivity contribution in [3.8, 4) is 0 Å². The highest BCUT2D eigenvalue weighted by Gasteiger charge is 2.25. The number of ether oxygens (including phenoxy) is 1. The molecule has 106 valence electrons. The molecule has 0 saturated heterocycles. The second kappa shape index (κ2) is 6.14. The van der Waals surface area contributed by atoms with Crippen LogP contribution in [-0.2, 0) is 19.4 Å². The van der Waals surface area contributed by atoms with Crippen molar-refractivity contribution < 1.29 is 23.1 Å². The van der Waals surface area contributed by atoms with Crippen molar-refractivity contribution in [1.82, 2.24) is 0 Å². The Bertz CT molecular complexity index is 538. The maximum Gasteiger partial charge on any atom is 0.325 e. The zero-order valence-corrected chi connectivity index (χ0v) is 11.6. The largest absolute Gasteiger partial charge is 0.465 e. The molecule has 7 heteroatoms. The summed E-state index contributed by atoms with van der Waals surface area (Å²) in [5, 5.41) is 9.90. The fourth-order valence-corrected chi connectivity index (χ4v) is 2.12. The van der Waals surface area contributed by atoms with Gasteiger partial charge in [-0.3, -0.25) is 4.79 Å². The van der Waals surface area contributed by atoms with E-state index in [1.54, 1.807) is 6.92 Å². The molecule has 0 radical (unpaired) electrons. The van der Waals surface area contributed by atoms with E-state index in [2.05, 4.69) is 0 Å². The van der Waals surface area contributed by atoms with Gasteiger partial charge in [-0.25, -0.2) is 8.42 Å². The van der Waals surface area contributed by atoms with Crippen LogP contribution in [0.5, 0.6) is 0 Å². The number of hydrogen-bond acceptors (Lipinski definition) is 6. The zero-order chi connectivity index (χ0) is 14.6. The molecule has 0 aliphatic rings. The Kier molecular flexibility index (Phi) is 5.04. The number of rotatable bonds is 5. The summed E-state index contributed by atoms with van der Waals surface area (Å²) in [6.45, 7) is 1.81. The van der Waals surface area contributed by atoms with E-state index in [0.717, 1.165) is 6.26 Å². The first-order valence-corrected chi connectivity index (χ1v) is 7.56. The summed E-state index contributed by atoms with van der Waals surface area (Å²) in [4.78, 5) is 11.5. The lowest BCUT2D eigenvalue weighted by Crippen LogP contribution is -2.38. The Morgan fingerprint density at radius 3 is 2.32 bits per heavy atom. The van der Waals surface area contributed by atoms with E-state index in [1.165, 1.54) is 24.3 Å². The van der Waals surface area contributed by atoms with Crippen molar-refractivity contribution in [1.29, 1.82) is 0 Å². The second-order valence-corrected chi connectivity index (χ2v) is 6.08. The van der Waals surface area contributed by atoms with Crippen molar-refractivity contribution in [2.24, 2.45) is 5.73 Å². The van der Waals surface area contributed by atoms with Gasteiger partial charge in [0.05, 0.1) is 11.5 Å². The highest BCUT2D eigenvalue weighted by molar-refractivity contribution is 7.90. The molecule has 0 aliphatic carbocycles. The molecular formula is C12H17NO5S. The fraction of sp³-hybridized carbons (Fsp3) is 0.417. The Labute approximate surface area is 112 Å². The van der Waals surface area contributed by atoms with Crippen LogP contribution in [0.15, 0.2) is 29.2 Å². The van der Waals surface area contributed by atoms with Gasteiger partial charge >= 0.3 is 5.97 Å². The van der Waals surface area contributed by atoms with Crippen LogP contribution in [0.2, 0.25) is 0 Å². The molecule has 0 bridgehead atoms. The number of sulfone groups is 1. The monoisotopic (exact) mass is 287 g/mol. The first-order chi connectivity index (χ1) is 8.77. The van der Waals surface area contributed by atoms with Gasteiger partial charge in [-0.15, -0.1) is 0 Å². The molecule has 19 heavy (non-hydrogen) atoms. The topological polar surface area (TPSA) is 107 Å². The Hall–Kier alpha value is -1.44. The molecule has 0 spiro atoms. The average Bonchev–Trinajstić information content (AvgIpc) is 2.36. The van der Waals surface area contributed by atoms with Crippen molar-refractivity contribution in [2.75, 3.05) is 12.9 Å². The smallest absolute Gasteiger partial charge is 0.325 e. The van der Waals surface area contributed by atoms with Crippen LogP contribution in [0.1, 0.15) is 18.6 Å². The summed E-state index contributed by atoms with van der Waals surface area (Å²) in [6.07, 6.45) is -0.157. The summed E-state index contributed by atoms with van der Waals surface area (Å²) < 4.78 is 27.3. The first-order valence-electron chi connectivity index (χ1n) is 5.67. The SMILES string of the molecule is CCOC(=O)C(N)C(O)c1ccc(S(C)(=O)=O)cc1. The van der Waals surface area contributed by atoms with Gasteiger partial charge in [0.1, 0.15) is 12.1 Å². The third-order valence-electron chi connectivity index (χ3n) is 2.55. The highest BCUT2D eigenvalue weighted by Crippen LogP contribution is 2.19. The molecule has 0 amide bonds.